The van der Waals surface area contributed by atoms with E-state index in [0.717, 1.165) is 0 Å². The highest BCUT2D eigenvalue weighted by molar-refractivity contribution is 6.17. The number of rotatable bonds is 8. The number of carbonyl (C=O) groups is 2. The van der Waals surface area contributed by atoms with Crippen LogP contribution in [0.5, 0.6) is 0 Å². The molecule has 0 saturated heterocycles. The van der Waals surface area contributed by atoms with Crippen LogP contribution in [-0.4, -0.2) is 36.5 Å². The zero-order chi connectivity index (χ0) is 21.6. The molecule has 0 spiro atoms. The van der Waals surface area contributed by atoms with Gasteiger partial charge < -0.3 is 14.8 Å². The van der Waals surface area contributed by atoms with Crippen LogP contribution in [0.1, 0.15) is 38.2 Å². The number of nitrogens with one attached hydrogen (secondary N) is 1. The second-order valence-electron chi connectivity index (χ2n) is 6.51. The number of hydrogen-bond donors (Lipinski definition) is 1. The summed E-state index contributed by atoms with van der Waals surface area (Å²) in [6.07, 6.45) is 1.31. The van der Waals surface area contributed by atoms with Crippen molar-refractivity contribution in [2.24, 2.45) is 0 Å². The van der Waals surface area contributed by atoms with Crippen molar-refractivity contribution in [3.05, 3.63) is 62.5 Å². The number of non-ortho nitro benzene ring substituents is 1. The SMILES string of the molecule is COC(=O)C1=C(C)NC(C)=C(C(=O)OCCCCCl)[C@H]1c1cccc([N+](=O)[O-])c1. The first-order valence-electron chi connectivity index (χ1n) is 9.06. The van der Waals surface area contributed by atoms with E-state index in [1.165, 1.54) is 25.3 Å². The van der Waals surface area contributed by atoms with Crippen molar-refractivity contribution < 1.29 is 24.0 Å². The molecule has 1 aliphatic rings. The minimum Gasteiger partial charge on any atom is -0.466 e. The van der Waals surface area contributed by atoms with Crippen molar-refractivity contribution in [1.29, 1.82) is 0 Å². The summed E-state index contributed by atoms with van der Waals surface area (Å²) in [6.45, 7) is 3.56. The molecule has 1 heterocycles. The van der Waals surface area contributed by atoms with Gasteiger partial charge in [-0.1, -0.05) is 12.1 Å². The van der Waals surface area contributed by atoms with Crippen LogP contribution < -0.4 is 5.32 Å². The molecule has 29 heavy (non-hydrogen) atoms. The summed E-state index contributed by atoms with van der Waals surface area (Å²) in [5.74, 6) is -1.63. The summed E-state index contributed by atoms with van der Waals surface area (Å²) in [5.41, 5.74) is 1.70. The van der Waals surface area contributed by atoms with Gasteiger partial charge in [-0.15, -0.1) is 11.6 Å². The molecule has 1 N–H and O–H groups in total. The van der Waals surface area contributed by atoms with Gasteiger partial charge in [0.15, 0.2) is 0 Å². The monoisotopic (exact) mass is 422 g/mol. The average Bonchev–Trinajstić information content (AvgIpc) is 2.70. The van der Waals surface area contributed by atoms with E-state index in [0.29, 0.717) is 35.7 Å². The Balaban J connectivity index is 2.53. The first-order chi connectivity index (χ1) is 13.8. The number of allylic oxidation sites excluding steroid dienone is 2. The van der Waals surface area contributed by atoms with Gasteiger partial charge >= 0.3 is 11.9 Å². The topological polar surface area (TPSA) is 108 Å². The number of dihydropyridines is 1. The molecule has 1 aromatic rings. The van der Waals surface area contributed by atoms with Crippen molar-refractivity contribution in [1.82, 2.24) is 5.32 Å². The summed E-state index contributed by atoms with van der Waals surface area (Å²) in [5, 5.41) is 14.2. The van der Waals surface area contributed by atoms with E-state index in [-0.39, 0.29) is 23.4 Å². The molecule has 0 aromatic heterocycles. The molecule has 9 heteroatoms. The highest BCUT2D eigenvalue weighted by atomic mass is 35.5. The lowest BCUT2D eigenvalue weighted by molar-refractivity contribution is -0.384. The predicted molar refractivity (Wildman–Crippen MR) is 107 cm³/mol. The van der Waals surface area contributed by atoms with Gasteiger partial charge in [0.25, 0.3) is 5.69 Å². The number of nitro benzene ring substituents is 1. The fourth-order valence-electron chi connectivity index (χ4n) is 3.24. The molecule has 0 fully saturated rings. The van der Waals surface area contributed by atoms with Gasteiger partial charge in [-0.3, -0.25) is 10.1 Å². The smallest absolute Gasteiger partial charge is 0.336 e. The first-order valence-corrected chi connectivity index (χ1v) is 9.59. The van der Waals surface area contributed by atoms with Gasteiger partial charge in [0, 0.05) is 29.4 Å². The second kappa shape index (κ2) is 10.1. The Morgan fingerprint density at radius 2 is 1.83 bits per heavy atom. The number of halogens is 1. The lowest BCUT2D eigenvalue weighted by atomic mass is 9.80. The van der Waals surface area contributed by atoms with Crippen LogP contribution in [0.15, 0.2) is 46.8 Å². The number of ether oxygens (including phenoxy) is 2. The maximum Gasteiger partial charge on any atom is 0.336 e. The minimum atomic E-state index is -0.857. The minimum absolute atomic E-state index is 0.143. The lowest BCUT2D eigenvalue weighted by Gasteiger charge is -2.30. The van der Waals surface area contributed by atoms with Crippen molar-refractivity contribution in [3.63, 3.8) is 0 Å². The number of esters is 2. The highest BCUT2D eigenvalue weighted by Gasteiger charge is 2.38. The maximum atomic E-state index is 12.9. The summed E-state index contributed by atoms with van der Waals surface area (Å²) in [6, 6.07) is 5.84. The van der Waals surface area contributed by atoms with Gasteiger partial charge in [-0.05, 0) is 32.3 Å². The number of hydrogen-bond acceptors (Lipinski definition) is 7. The molecule has 0 radical (unpaired) electrons. The molecular formula is C20H23ClN2O6. The van der Waals surface area contributed by atoms with Crippen LogP contribution in [0.4, 0.5) is 5.69 Å². The van der Waals surface area contributed by atoms with Crippen LogP contribution in [0.25, 0.3) is 0 Å². The highest BCUT2D eigenvalue weighted by Crippen LogP contribution is 2.40. The van der Waals surface area contributed by atoms with Crippen LogP contribution in [0, 0.1) is 10.1 Å². The Bertz CT molecular complexity index is 877. The Kier molecular flexibility index (Phi) is 7.78. The van der Waals surface area contributed by atoms with Crippen molar-refractivity contribution in [2.45, 2.75) is 32.6 Å². The van der Waals surface area contributed by atoms with E-state index in [1.54, 1.807) is 19.9 Å². The number of nitro groups is 1. The third-order valence-corrected chi connectivity index (χ3v) is 4.83. The molecule has 0 aliphatic carbocycles. The number of carbonyl (C=O) groups excluding carboxylic acids is 2. The van der Waals surface area contributed by atoms with E-state index >= 15 is 0 Å². The number of alkyl halides is 1. The number of benzene rings is 1. The van der Waals surface area contributed by atoms with Crippen LogP contribution in [0.3, 0.4) is 0 Å². The molecule has 1 aliphatic heterocycles. The molecule has 0 unspecified atom stereocenters. The van der Waals surface area contributed by atoms with E-state index in [1.807, 2.05) is 0 Å². The van der Waals surface area contributed by atoms with E-state index in [2.05, 4.69) is 5.32 Å². The zero-order valence-corrected chi connectivity index (χ0v) is 17.2. The van der Waals surface area contributed by atoms with Gasteiger partial charge in [0.1, 0.15) is 0 Å². The Labute approximate surface area is 173 Å². The molecule has 156 valence electrons. The van der Waals surface area contributed by atoms with E-state index < -0.39 is 22.8 Å². The number of nitrogens with zero attached hydrogens (tertiary/aromatic N) is 1. The molecular weight excluding hydrogens is 400 g/mol. The van der Waals surface area contributed by atoms with Gasteiger partial charge in [0.2, 0.25) is 0 Å². The fraction of sp³-hybridized carbons (Fsp3) is 0.400. The Hall–Kier alpha value is -2.87. The molecule has 1 atom stereocenters. The van der Waals surface area contributed by atoms with Crippen molar-refractivity contribution in [3.8, 4) is 0 Å². The van der Waals surface area contributed by atoms with Crippen LogP contribution >= 0.6 is 11.6 Å². The van der Waals surface area contributed by atoms with Crippen LogP contribution in [-0.2, 0) is 19.1 Å². The van der Waals surface area contributed by atoms with Gasteiger partial charge in [0.05, 0.1) is 35.7 Å². The van der Waals surface area contributed by atoms with E-state index in [4.69, 9.17) is 21.1 Å². The first kappa shape index (κ1) is 22.4. The largest absolute Gasteiger partial charge is 0.466 e. The molecule has 2 rings (SSSR count). The van der Waals surface area contributed by atoms with Crippen LogP contribution in [0.2, 0.25) is 0 Å². The number of unbranched alkanes of at least 4 members (excludes halogenated alkanes) is 1. The Morgan fingerprint density at radius 1 is 1.17 bits per heavy atom. The third-order valence-electron chi connectivity index (χ3n) is 4.56. The molecule has 8 nitrogen and oxygen atoms in total. The normalized spacial score (nSPS) is 16.3. The number of methoxy groups -OCH3 is 1. The third kappa shape index (κ3) is 5.14. The lowest BCUT2D eigenvalue weighted by Crippen LogP contribution is -2.32. The molecule has 0 saturated carbocycles. The maximum absolute atomic E-state index is 12.9. The Morgan fingerprint density at radius 3 is 2.41 bits per heavy atom. The second-order valence-corrected chi connectivity index (χ2v) is 6.89. The average molecular weight is 423 g/mol. The van der Waals surface area contributed by atoms with Crippen molar-refractivity contribution in [2.75, 3.05) is 19.6 Å². The standard InChI is InChI=1S/C20H23ClN2O6/c1-12-16(19(24)28-3)18(14-7-6-8-15(11-14)23(26)27)17(13(2)22-12)20(25)29-10-5-4-9-21/h6-8,11,18,22H,4-5,9-10H2,1-3H3/t18-/m0/s1. The fourth-order valence-corrected chi connectivity index (χ4v) is 3.42. The van der Waals surface area contributed by atoms with Gasteiger partial charge in [-0.25, -0.2) is 9.59 Å². The summed E-state index contributed by atoms with van der Waals surface area (Å²) in [7, 11) is 1.24. The molecule has 1 aromatic carbocycles. The zero-order valence-electron chi connectivity index (χ0n) is 16.5. The van der Waals surface area contributed by atoms with Gasteiger partial charge in [-0.2, -0.15) is 0 Å². The molecule has 0 bridgehead atoms. The summed E-state index contributed by atoms with van der Waals surface area (Å²) >= 11 is 5.65. The van der Waals surface area contributed by atoms with E-state index in [9.17, 15) is 19.7 Å². The predicted octanol–water partition coefficient (Wildman–Crippen LogP) is 3.56. The molecule has 0 amide bonds. The van der Waals surface area contributed by atoms with Crippen molar-refractivity contribution >= 4 is 29.2 Å². The summed E-state index contributed by atoms with van der Waals surface area (Å²) in [4.78, 5) is 36.1. The quantitative estimate of drug-likeness (QED) is 0.224. The summed E-state index contributed by atoms with van der Waals surface area (Å²) < 4.78 is 10.3.